The van der Waals surface area contributed by atoms with Gasteiger partial charge in [-0.2, -0.15) is 0 Å². The van der Waals surface area contributed by atoms with E-state index in [9.17, 15) is 14.7 Å². The summed E-state index contributed by atoms with van der Waals surface area (Å²) in [7, 11) is 0. The monoisotopic (exact) mass is 241 g/mol. The average Bonchev–Trinajstić information content (AvgIpc) is 3.13. The molecule has 94 valence electrons. The zero-order valence-corrected chi connectivity index (χ0v) is 9.56. The van der Waals surface area contributed by atoms with Crippen molar-refractivity contribution in [3.8, 4) is 0 Å². The van der Waals surface area contributed by atoms with Gasteiger partial charge < -0.3 is 19.9 Å². The predicted molar refractivity (Wildman–Crippen MR) is 56.9 cm³/mol. The Labute approximate surface area is 98.6 Å². The molecule has 1 aliphatic carbocycles. The lowest BCUT2D eigenvalue weighted by atomic mass is 9.96. The first-order chi connectivity index (χ1) is 8.04. The summed E-state index contributed by atoms with van der Waals surface area (Å²) in [5.41, 5.74) is -1.22. The van der Waals surface area contributed by atoms with Crippen LogP contribution in [0.15, 0.2) is 12.0 Å². The number of rotatable bonds is 4. The van der Waals surface area contributed by atoms with Crippen LogP contribution in [0.3, 0.4) is 0 Å². The molecule has 0 radical (unpaired) electrons. The van der Waals surface area contributed by atoms with E-state index >= 15 is 0 Å². The molecule has 1 heterocycles. The smallest absolute Gasteiger partial charge is 0.329 e. The van der Waals surface area contributed by atoms with Crippen molar-refractivity contribution in [2.75, 3.05) is 13.2 Å². The molecule has 0 spiro atoms. The zero-order valence-electron chi connectivity index (χ0n) is 9.56. The highest BCUT2D eigenvalue weighted by Gasteiger charge is 2.49. The van der Waals surface area contributed by atoms with Gasteiger partial charge in [0, 0.05) is 0 Å². The number of aliphatic carboxylic acids is 1. The minimum Gasteiger partial charge on any atom is -0.494 e. The van der Waals surface area contributed by atoms with E-state index in [4.69, 9.17) is 9.47 Å². The number of nitrogens with one attached hydrogen (secondary N) is 1. The summed E-state index contributed by atoms with van der Waals surface area (Å²) in [4.78, 5) is 23.0. The Balaban J connectivity index is 2.05. The molecule has 0 saturated heterocycles. The molecule has 17 heavy (non-hydrogen) atoms. The Morgan fingerprint density at radius 1 is 1.47 bits per heavy atom. The SMILES string of the molecule is CC(NC(=O)C1=COCCO1)(C(=O)O)C1CC1. The third kappa shape index (κ3) is 2.35. The maximum absolute atomic E-state index is 11.8. The second-order valence-electron chi connectivity index (χ2n) is 4.44. The quantitative estimate of drug-likeness (QED) is 0.736. The summed E-state index contributed by atoms with van der Waals surface area (Å²) in [5.74, 6) is -1.54. The minimum absolute atomic E-state index is 0.00550. The van der Waals surface area contributed by atoms with Gasteiger partial charge in [0.15, 0.2) is 0 Å². The second-order valence-corrected chi connectivity index (χ2v) is 4.44. The van der Waals surface area contributed by atoms with Crippen LogP contribution in [0.4, 0.5) is 0 Å². The van der Waals surface area contributed by atoms with Gasteiger partial charge in [-0.15, -0.1) is 0 Å². The van der Waals surface area contributed by atoms with E-state index in [0.717, 1.165) is 12.8 Å². The van der Waals surface area contributed by atoms with E-state index in [1.165, 1.54) is 13.2 Å². The van der Waals surface area contributed by atoms with Gasteiger partial charge in [0.1, 0.15) is 25.0 Å². The van der Waals surface area contributed by atoms with Gasteiger partial charge in [0.05, 0.1) is 0 Å². The molecule has 0 aromatic heterocycles. The highest BCUT2D eigenvalue weighted by molar-refractivity contribution is 5.95. The van der Waals surface area contributed by atoms with Crippen molar-refractivity contribution >= 4 is 11.9 Å². The summed E-state index contributed by atoms with van der Waals surface area (Å²) >= 11 is 0. The third-order valence-electron chi connectivity index (χ3n) is 3.08. The van der Waals surface area contributed by atoms with Crippen LogP contribution >= 0.6 is 0 Å². The van der Waals surface area contributed by atoms with Gasteiger partial charge >= 0.3 is 5.97 Å². The molecule has 1 amide bonds. The maximum Gasteiger partial charge on any atom is 0.329 e. The van der Waals surface area contributed by atoms with Gasteiger partial charge in [-0.1, -0.05) is 0 Å². The number of carboxylic acids is 1. The molecular weight excluding hydrogens is 226 g/mol. The van der Waals surface area contributed by atoms with Crippen LogP contribution in [-0.4, -0.2) is 35.7 Å². The Morgan fingerprint density at radius 2 is 2.18 bits per heavy atom. The summed E-state index contributed by atoms with van der Waals surface area (Å²) in [5, 5.41) is 11.7. The van der Waals surface area contributed by atoms with Crippen LogP contribution < -0.4 is 5.32 Å². The largest absolute Gasteiger partial charge is 0.494 e. The van der Waals surface area contributed by atoms with Crippen LogP contribution in [0.2, 0.25) is 0 Å². The summed E-state index contributed by atoms with van der Waals surface area (Å²) in [6, 6.07) is 0. The Kier molecular flexibility index (Phi) is 2.95. The number of hydrogen-bond donors (Lipinski definition) is 2. The molecule has 0 aromatic rings. The van der Waals surface area contributed by atoms with Gasteiger partial charge in [-0.25, -0.2) is 4.79 Å². The Morgan fingerprint density at radius 3 is 2.65 bits per heavy atom. The molecule has 1 unspecified atom stereocenters. The molecule has 2 aliphatic rings. The van der Waals surface area contributed by atoms with Crippen LogP contribution in [0.25, 0.3) is 0 Å². The Hall–Kier alpha value is -1.72. The lowest BCUT2D eigenvalue weighted by Gasteiger charge is -2.27. The first-order valence-electron chi connectivity index (χ1n) is 5.54. The number of hydrogen-bond acceptors (Lipinski definition) is 4. The second kappa shape index (κ2) is 4.27. The standard InChI is InChI=1S/C11H15NO5/c1-11(10(14)15,7-2-3-7)12-9(13)8-6-16-4-5-17-8/h6-7H,2-5H2,1H3,(H,12,13)(H,14,15). The van der Waals surface area contributed by atoms with Crippen LogP contribution in [0.1, 0.15) is 19.8 Å². The molecular formula is C11H15NO5. The van der Waals surface area contributed by atoms with Crippen molar-refractivity contribution in [2.45, 2.75) is 25.3 Å². The van der Waals surface area contributed by atoms with Gasteiger partial charge in [0.25, 0.3) is 5.91 Å². The molecule has 0 bridgehead atoms. The fourth-order valence-corrected chi connectivity index (χ4v) is 1.78. The molecule has 1 aliphatic heterocycles. The van der Waals surface area contributed by atoms with Crippen molar-refractivity contribution in [3.63, 3.8) is 0 Å². The molecule has 6 nitrogen and oxygen atoms in total. The van der Waals surface area contributed by atoms with Gasteiger partial charge in [0.2, 0.25) is 5.76 Å². The van der Waals surface area contributed by atoms with Crippen LogP contribution in [0, 0.1) is 5.92 Å². The fourth-order valence-electron chi connectivity index (χ4n) is 1.78. The van der Waals surface area contributed by atoms with Gasteiger partial charge in [-0.3, -0.25) is 4.79 Å². The number of ether oxygens (including phenoxy) is 2. The summed E-state index contributed by atoms with van der Waals surface area (Å²) < 4.78 is 10.1. The average molecular weight is 241 g/mol. The fraction of sp³-hybridized carbons (Fsp3) is 0.636. The zero-order chi connectivity index (χ0) is 12.5. The van der Waals surface area contributed by atoms with E-state index in [2.05, 4.69) is 5.32 Å². The van der Waals surface area contributed by atoms with Crippen molar-refractivity contribution in [1.82, 2.24) is 5.32 Å². The lowest BCUT2D eigenvalue weighted by molar-refractivity contribution is -0.148. The van der Waals surface area contributed by atoms with Crippen molar-refractivity contribution < 1.29 is 24.2 Å². The van der Waals surface area contributed by atoms with Crippen molar-refractivity contribution in [3.05, 3.63) is 12.0 Å². The number of amides is 1. The molecule has 6 heteroatoms. The van der Waals surface area contributed by atoms with E-state index < -0.39 is 17.4 Å². The van der Waals surface area contributed by atoms with Crippen molar-refractivity contribution in [1.29, 1.82) is 0 Å². The maximum atomic E-state index is 11.8. The summed E-state index contributed by atoms with van der Waals surface area (Å²) in [6.07, 6.45) is 2.85. The van der Waals surface area contributed by atoms with Crippen LogP contribution in [-0.2, 0) is 19.1 Å². The first-order valence-corrected chi connectivity index (χ1v) is 5.54. The predicted octanol–water partition coefficient (Wildman–Crippen LogP) is 0.244. The molecule has 1 saturated carbocycles. The number of carbonyl (C=O) groups is 2. The molecule has 2 N–H and O–H groups in total. The molecule has 0 aromatic carbocycles. The highest BCUT2D eigenvalue weighted by Crippen LogP contribution is 2.39. The first kappa shape index (κ1) is 11.8. The molecule has 1 atom stereocenters. The summed E-state index contributed by atoms with van der Waals surface area (Å²) in [6.45, 7) is 2.22. The van der Waals surface area contributed by atoms with E-state index in [-0.39, 0.29) is 11.7 Å². The Bertz CT molecular complexity index is 374. The van der Waals surface area contributed by atoms with E-state index in [0.29, 0.717) is 13.2 Å². The lowest BCUT2D eigenvalue weighted by Crippen LogP contribution is -2.54. The topological polar surface area (TPSA) is 84.9 Å². The van der Waals surface area contributed by atoms with E-state index in [1.54, 1.807) is 0 Å². The number of carboxylic acid groups (broad SMARTS) is 1. The van der Waals surface area contributed by atoms with E-state index in [1.807, 2.05) is 0 Å². The number of carbonyl (C=O) groups excluding carboxylic acids is 1. The molecule has 1 fully saturated rings. The minimum atomic E-state index is -1.22. The molecule has 2 rings (SSSR count). The van der Waals surface area contributed by atoms with Gasteiger partial charge in [-0.05, 0) is 25.7 Å². The highest BCUT2D eigenvalue weighted by atomic mass is 16.6. The van der Waals surface area contributed by atoms with Crippen molar-refractivity contribution in [2.24, 2.45) is 5.92 Å². The van der Waals surface area contributed by atoms with Crippen LogP contribution in [0.5, 0.6) is 0 Å². The third-order valence-corrected chi connectivity index (χ3v) is 3.08. The normalized spacial score (nSPS) is 22.5.